The van der Waals surface area contributed by atoms with E-state index in [0.717, 1.165) is 85.4 Å². The molecule has 0 spiro atoms. The number of imidazole rings is 3. The highest BCUT2D eigenvalue weighted by Gasteiger charge is 2.18. The van der Waals surface area contributed by atoms with Gasteiger partial charge in [0.05, 0.1) is 31.4 Å². The number of hydrogen-bond acceptors (Lipinski definition) is 21. The molecule has 0 radical (unpaired) electrons. The predicted octanol–water partition coefficient (Wildman–Crippen LogP) is 10.4. The number of aromatic amines is 3. The lowest BCUT2D eigenvalue weighted by molar-refractivity contribution is 0.193. The molecule has 0 saturated heterocycles. The molecule has 1 aliphatic rings. The van der Waals surface area contributed by atoms with Crippen molar-refractivity contribution in [1.82, 2.24) is 78.8 Å². The second-order valence-corrected chi connectivity index (χ2v) is 23.8. The fraction of sp³-hybridized carbons (Fsp3) is 0.310. The summed E-state index contributed by atoms with van der Waals surface area (Å²) >= 11 is 0. The van der Waals surface area contributed by atoms with Crippen LogP contribution in [0, 0.1) is 32.1 Å². The second kappa shape index (κ2) is 32.2. The van der Waals surface area contributed by atoms with E-state index in [1.165, 1.54) is 36.7 Å². The molecule has 1 fully saturated rings. The van der Waals surface area contributed by atoms with E-state index in [4.69, 9.17) is 41.4 Å². The first-order valence-electron chi connectivity index (χ1n) is 32.6. The summed E-state index contributed by atoms with van der Waals surface area (Å²) < 4.78 is 27.5. The maximum Gasteiger partial charge on any atom is 0.328 e. The zero-order chi connectivity index (χ0) is 68.5. The van der Waals surface area contributed by atoms with E-state index in [0.29, 0.717) is 118 Å². The molecule has 98 heavy (non-hydrogen) atoms. The molecule has 3 aromatic carbocycles. The van der Waals surface area contributed by atoms with Crippen molar-refractivity contribution in [2.24, 2.45) is 0 Å². The van der Waals surface area contributed by atoms with E-state index in [1.54, 1.807) is 37.0 Å². The summed E-state index contributed by atoms with van der Waals surface area (Å²) in [5.74, 6) is 5.97. The number of unbranched alkanes of at least 4 members (excludes halogenated alkanes) is 3. The molecule has 27 heteroatoms. The first-order chi connectivity index (χ1) is 47.6. The van der Waals surface area contributed by atoms with Crippen molar-refractivity contribution in [3.8, 4) is 41.0 Å². The summed E-state index contributed by atoms with van der Waals surface area (Å²) in [4.78, 5) is 84.6. The van der Waals surface area contributed by atoms with Crippen molar-refractivity contribution >= 4 is 50.9 Å². The molecule has 0 amide bonds. The van der Waals surface area contributed by atoms with Crippen LogP contribution in [0.3, 0.4) is 0 Å². The normalized spacial score (nSPS) is 12.2. The zero-order valence-corrected chi connectivity index (χ0v) is 55.1. The number of rotatable bonds is 24. The molecule has 13 rings (SSSR count). The lowest BCUT2D eigenvalue weighted by Gasteiger charge is -2.22. The van der Waals surface area contributed by atoms with Crippen molar-refractivity contribution in [3.05, 3.63) is 210 Å². The number of nitrogens with zero attached hydrogens (tertiary/aromatic N) is 13. The van der Waals surface area contributed by atoms with E-state index in [9.17, 15) is 14.4 Å². The molecule has 1 aliphatic carbocycles. The van der Waals surface area contributed by atoms with E-state index in [-0.39, 0.29) is 34.5 Å². The number of H-pyrrole nitrogens is 3. The Morgan fingerprint density at radius 1 is 0.480 bits per heavy atom. The van der Waals surface area contributed by atoms with Crippen molar-refractivity contribution in [2.75, 3.05) is 30.9 Å². The van der Waals surface area contributed by atoms with Crippen LogP contribution in [-0.4, -0.2) is 93.3 Å². The molecule has 10 N–H and O–H groups in total. The van der Waals surface area contributed by atoms with Gasteiger partial charge in [-0.3, -0.25) is 13.7 Å². The number of nitrogens with one attached hydrogen (secondary N) is 4. The van der Waals surface area contributed by atoms with Crippen molar-refractivity contribution in [2.45, 2.75) is 130 Å². The molecule has 9 heterocycles. The largest absolute Gasteiger partial charge is 0.439 e. The summed E-state index contributed by atoms with van der Waals surface area (Å²) in [7, 11) is 1.71. The average Bonchev–Trinajstić information content (AvgIpc) is 1.65. The van der Waals surface area contributed by atoms with Gasteiger partial charge in [0.15, 0.2) is 34.4 Å². The van der Waals surface area contributed by atoms with Crippen LogP contribution in [-0.2, 0) is 43.8 Å². The Hall–Kier alpha value is -11.6. The first-order valence-corrected chi connectivity index (χ1v) is 32.6. The minimum absolute atomic E-state index is 0.256. The number of nitriles is 1. The van der Waals surface area contributed by atoms with Crippen LogP contribution >= 0.6 is 0 Å². The number of pyridine rings is 3. The van der Waals surface area contributed by atoms with Crippen LogP contribution in [0.1, 0.15) is 115 Å². The lowest BCUT2D eigenvalue weighted by Crippen LogP contribution is -2.30. The van der Waals surface area contributed by atoms with E-state index >= 15 is 0 Å². The van der Waals surface area contributed by atoms with Crippen LogP contribution in [0.25, 0.3) is 33.5 Å². The monoisotopic (exact) mass is 1320 g/mol. The quantitative estimate of drug-likeness (QED) is 0.0276. The molecule has 27 nitrogen and oxygen atoms in total. The molecule has 1 saturated carbocycles. The van der Waals surface area contributed by atoms with E-state index in [2.05, 4.69) is 71.2 Å². The van der Waals surface area contributed by atoms with Gasteiger partial charge < -0.3 is 56.4 Å². The summed E-state index contributed by atoms with van der Waals surface area (Å²) in [5, 5.41) is 12.2. The van der Waals surface area contributed by atoms with Gasteiger partial charge >= 0.3 is 17.1 Å². The van der Waals surface area contributed by atoms with Gasteiger partial charge in [0, 0.05) is 62.3 Å². The Kier molecular flexibility index (Phi) is 22.3. The minimum atomic E-state index is -0.289. The molecule has 504 valence electrons. The first kappa shape index (κ1) is 67.8. The van der Waals surface area contributed by atoms with Gasteiger partial charge in [0.1, 0.15) is 51.3 Å². The fourth-order valence-corrected chi connectivity index (χ4v) is 11.4. The number of aromatic nitrogens is 15. The summed E-state index contributed by atoms with van der Waals surface area (Å²) in [6.45, 7) is 7.77. The molecule has 9 aromatic heterocycles. The van der Waals surface area contributed by atoms with Gasteiger partial charge in [-0.2, -0.15) is 5.26 Å². The molecule has 0 aliphatic heterocycles. The van der Waals surface area contributed by atoms with Crippen LogP contribution in [0.5, 0.6) is 34.9 Å². The number of ether oxygens (including phenoxy) is 4. The smallest absolute Gasteiger partial charge is 0.328 e. The van der Waals surface area contributed by atoms with Gasteiger partial charge in [-0.1, -0.05) is 73.9 Å². The molecular formula is C71H78N20O7. The standard InChI is InChI=1S/C25H29N7O2.C23H23N7O2.C23H26N6O3/c1-16-28-23(26)22-24(29-16)32(25(33)31-22)15-17-10-12-20(13-11-17)34-21-9-5-8-19(30-21)14-27-18-6-3-2-4-7-18;1-15-26-21(25)20-22(27-15)30(23(31)29-20)14-16-9-11-18(12-10-16)32-19-8-5-7-17(28-19)6-3-2-4-13-24;1-15-25-21(24)20-22(26-15)29(23(30)28-20)14-16-9-11-18(12-10-16)32-19-8-5-7-17(27-19)6-3-4-13-31-2/h5,8-13,18,27H,2-4,6-7,14-15H2,1H3,(H,31,33)(H2,26,28,29);5,7-12H,2-4,6,14H2,1H3,(H,29,31)(H2,25,26,27);5,7-12H,3-4,6,13-14H2,1-2H3,(H,28,30)(H2,24,25,26). The van der Waals surface area contributed by atoms with Crippen LogP contribution in [0.2, 0.25) is 0 Å². The Morgan fingerprint density at radius 2 is 0.847 bits per heavy atom. The number of anilines is 3. The predicted molar refractivity (Wildman–Crippen MR) is 373 cm³/mol. The molecule has 0 unspecified atom stereocenters. The molecule has 0 atom stereocenters. The molecular weight excluding hydrogens is 1240 g/mol. The number of aryl methyl sites for hydroxylation is 5. The minimum Gasteiger partial charge on any atom is -0.439 e. The summed E-state index contributed by atoms with van der Waals surface area (Å²) in [5.41, 5.74) is 25.4. The number of benzene rings is 3. The highest BCUT2D eigenvalue weighted by Crippen LogP contribution is 2.27. The topological polar surface area (TPSA) is 380 Å². The number of nitrogen functional groups attached to an aromatic ring is 3. The average molecular weight is 1320 g/mol. The fourth-order valence-electron chi connectivity index (χ4n) is 11.4. The third kappa shape index (κ3) is 17.8. The Labute approximate surface area is 563 Å². The van der Waals surface area contributed by atoms with E-state index in [1.807, 2.05) is 127 Å². The Bertz CT molecular complexity index is 4910. The Morgan fingerprint density at radius 3 is 1.22 bits per heavy atom. The number of methoxy groups -OCH3 is 1. The summed E-state index contributed by atoms with van der Waals surface area (Å²) in [6, 6.07) is 42.6. The van der Waals surface area contributed by atoms with Crippen LogP contribution in [0.4, 0.5) is 17.5 Å². The lowest BCUT2D eigenvalue weighted by atomic mass is 9.95. The van der Waals surface area contributed by atoms with E-state index < -0.39 is 0 Å². The second-order valence-electron chi connectivity index (χ2n) is 23.8. The third-order valence-electron chi connectivity index (χ3n) is 16.3. The van der Waals surface area contributed by atoms with Crippen molar-refractivity contribution < 1.29 is 18.9 Å². The van der Waals surface area contributed by atoms with Gasteiger partial charge in [0.2, 0.25) is 17.6 Å². The van der Waals surface area contributed by atoms with Gasteiger partial charge in [-0.15, -0.1) is 0 Å². The van der Waals surface area contributed by atoms with Crippen LogP contribution in [0.15, 0.2) is 142 Å². The highest BCUT2D eigenvalue weighted by atomic mass is 16.5. The number of hydrogen-bond donors (Lipinski definition) is 7. The number of nitrogens with two attached hydrogens (primary N) is 3. The highest BCUT2D eigenvalue weighted by molar-refractivity contribution is 5.83. The third-order valence-corrected chi connectivity index (χ3v) is 16.3. The maximum atomic E-state index is 12.4. The number of fused-ring (bicyclic) bond motifs is 3. The van der Waals surface area contributed by atoms with Gasteiger partial charge in [-0.05, 0) is 143 Å². The molecule has 0 bridgehead atoms. The van der Waals surface area contributed by atoms with Gasteiger partial charge in [0.25, 0.3) is 0 Å². The molecule has 12 aromatic rings. The SMILES string of the molecule is COCCCCc1cccc(Oc2ccc(Cn3c(=O)[nH]c4c(N)nc(C)nc43)cc2)n1.Cc1nc(N)c2[nH]c(=O)n(Cc3ccc(Oc4cccc(CCCCC#N)n4)cc3)c2n1.Cc1nc(N)c2[nH]c(=O)n(Cc3ccc(Oc4cccc(CNC5CCCCC5)n4)cc3)c2n1. The van der Waals surface area contributed by atoms with Crippen LogP contribution < -0.4 is 53.8 Å². The van der Waals surface area contributed by atoms with Crippen molar-refractivity contribution in [1.29, 1.82) is 5.26 Å². The summed E-state index contributed by atoms with van der Waals surface area (Å²) in [6.07, 6.45) is 12.5. The van der Waals surface area contributed by atoms with Crippen molar-refractivity contribution in [3.63, 3.8) is 0 Å². The Balaban J connectivity index is 0.000000149. The van der Waals surface area contributed by atoms with Gasteiger partial charge in [-0.25, -0.2) is 59.2 Å². The zero-order valence-electron chi connectivity index (χ0n) is 55.1. The maximum absolute atomic E-state index is 12.4.